The summed E-state index contributed by atoms with van der Waals surface area (Å²) in [5.41, 5.74) is 3.77. The maximum absolute atomic E-state index is 13.3. The Labute approximate surface area is 466 Å². The number of Topliss-reactive ketones (excluding diaryl/α,β-unsaturated/α-hetero) is 1. The summed E-state index contributed by atoms with van der Waals surface area (Å²) in [6.45, 7) is 8.34. The quantitative estimate of drug-likeness (QED) is 0.0385. The summed E-state index contributed by atoms with van der Waals surface area (Å²) < 4.78 is 62.7. The lowest BCUT2D eigenvalue weighted by Crippen LogP contribution is -2.62. The summed E-state index contributed by atoms with van der Waals surface area (Å²) in [6.07, 6.45) is -2.38. The molecule has 1 saturated heterocycles. The number of aliphatic hydroxyl groups is 5. The van der Waals surface area contributed by atoms with Gasteiger partial charge in [-0.25, -0.2) is 28.6 Å². The number of aromatic nitrogens is 4. The first-order chi connectivity index (χ1) is 37.2. The third kappa shape index (κ3) is 14.4. The number of nitrogens with two attached hydrogens (primary N) is 1. The smallest absolute Gasteiger partial charge is 0.393 e. The fourth-order valence-corrected chi connectivity index (χ4v) is 17.1. The lowest BCUT2D eigenvalue weighted by molar-refractivity contribution is -0.207. The predicted octanol–water partition coefficient (Wildman–Crippen LogP) is 2.25. The molecule has 2 amide bonds. The normalized spacial score (nSPS) is 34.2. The third-order valence-electron chi connectivity index (χ3n) is 17.9. The number of ether oxygens (including phenoxy) is 1. The molecule has 7 rings (SSSR count). The Kier molecular flexibility index (Phi) is 20.5. The van der Waals surface area contributed by atoms with Crippen LogP contribution in [0.1, 0.15) is 112 Å². The molecule has 80 heavy (non-hydrogen) atoms. The van der Waals surface area contributed by atoms with Crippen LogP contribution in [0.5, 0.6) is 0 Å². The molecule has 3 heterocycles. The van der Waals surface area contributed by atoms with Gasteiger partial charge in [0.1, 0.15) is 42.0 Å². The van der Waals surface area contributed by atoms with Gasteiger partial charge in [0, 0.05) is 37.1 Å². The molecule has 452 valence electrons. The fourth-order valence-electron chi connectivity index (χ4n) is 13.5. The van der Waals surface area contributed by atoms with Crippen molar-refractivity contribution in [2.45, 2.75) is 155 Å². The molecule has 0 bridgehead atoms. The number of nitrogen functional groups attached to an aromatic ring is 1. The van der Waals surface area contributed by atoms with Crippen molar-refractivity contribution in [1.29, 1.82) is 0 Å². The van der Waals surface area contributed by atoms with Gasteiger partial charge in [-0.05, 0) is 105 Å². The van der Waals surface area contributed by atoms with Crippen LogP contribution >= 0.6 is 35.2 Å². The maximum Gasteiger partial charge on any atom is 0.481 e. The first kappa shape index (κ1) is 64.7. The number of phosphoric acid groups is 3. The summed E-state index contributed by atoms with van der Waals surface area (Å²) in [6, 6.07) is 0. The van der Waals surface area contributed by atoms with Crippen molar-refractivity contribution in [2.75, 3.05) is 37.8 Å². The monoisotopic (exact) mass is 1210 g/mol. The van der Waals surface area contributed by atoms with Crippen LogP contribution in [0.2, 0.25) is 0 Å². The number of ketones is 1. The number of nitrogens with zero attached hydrogens (tertiary/aromatic N) is 4. The number of nitrogens with one attached hydrogen (secondary N) is 2. The van der Waals surface area contributed by atoms with Crippen LogP contribution in [0, 0.1) is 57.7 Å². The van der Waals surface area contributed by atoms with Crippen LogP contribution < -0.4 is 16.4 Å². The second-order valence-electron chi connectivity index (χ2n) is 23.5. The maximum atomic E-state index is 13.3. The number of carbonyl (C=O) groups excluding carboxylic acids is 4. The van der Waals surface area contributed by atoms with Crippen LogP contribution in [0.3, 0.4) is 0 Å². The van der Waals surface area contributed by atoms with Crippen molar-refractivity contribution in [3.05, 3.63) is 12.7 Å². The highest BCUT2D eigenvalue weighted by Gasteiger charge is 2.66. The zero-order valence-electron chi connectivity index (χ0n) is 45.5. The number of anilines is 1. The Morgan fingerprint density at radius 3 is 2.33 bits per heavy atom. The number of thioether (sulfide) groups is 1. The largest absolute Gasteiger partial charge is 0.481 e. The Hall–Kier alpha value is -2.89. The Bertz CT molecular complexity index is 2720. The minimum atomic E-state index is -5.62. The number of rotatable bonds is 25. The number of phosphoric ester groups is 3. The van der Waals surface area contributed by atoms with Crippen molar-refractivity contribution in [2.24, 2.45) is 57.7 Å². The Balaban J connectivity index is 0.780. The van der Waals surface area contributed by atoms with Gasteiger partial charge in [0.05, 0.1) is 43.8 Å². The van der Waals surface area contributed by atoms with Crippen LogP contribution in [0.15, 0.2) is 12.7 Å². The van der Waals surface area contributed by atoms with Crippen molar-refractivity contribution < 1.29 is 101 Å². The number of amides is 2. The van der Waals surface area contributed by atoms with Gasteiger partial charge in [-0.15, -0.1) is 0 Å². The predicted molar refractivity (Wildman–Crippen MR) is 284 cm³/mol. The standard InChI is InChI=1S/C48H78N7O21P3S/c1-24(28-8-9-29-36-30(19-34(59)48(28,29)6)47(5)13-11-27(56)17-26(47)18-32(36)58)7-10-31(57)25(2)45(64)80-16-15-50-35(60)12-14-51-43(63)40(62)46(3,4)21-73-79(70,71)76-78(68,69)72-20-33-39(75-77(65,66)67)38(61)44(74-33)55-23-54-37-41(49)52-22-53-42(37)55/h22-30,32-34,36,38-40,44,56,58-59,61-62H,7-21H2,1-6H3,(H,50,60)(H,51,63)(H,68,69)(H,70,71)(H2,49,52,53)(H2,65,66,67)/t24-,25-,26+,27-,28-,29+,30+,32-,33-,34+,36+,38-,39-,40+,44-,47+,48-/m1/s1. The van der Waals surface area contributed by atoms with E-state index in [0.717, 1.165) is 54.7 Å². The van der Waals surface area contributed by atoms with Gasteiger partial charge in [0.2, 0.25) is 11.8 Å². The first-order valence-electron chi connectivity index (χ1n) is 26.8. The third-order valence-corrected chi connectivity index (χ3v) is 22.1. The van der Waals surface area contributed by atoms with E-state index in [9.17, 15) is 78.0 Å². The molecule has 5 aliphatic rings. The van der Waals surface area contributed by atoms with Crippen molar-refractivity contribution in [1.82, 2.24) is 30.2 Å². The lowest BCUT2D eigenvalue weighted by atomic mass is 9.43. The van der Waals surface area contributed by atoms with Gasteiger partial charge in [-0.3, -0.25) is 37.3 Å². The molecule has 5 fully saturated rings. The molecule has 4 saturated carbocycles. The number of hydrogen-bond donors (Lipinski definition) is 12. The molecule has 0 aromatic carbocycles. The molecule has 28 nitrogen and oxygen atoms in total. The molecule has 2 unspecified atom stereocenters. The topological polar surface area (TPSA) is 441 Å². The average molecular weight is 1210 g/mol. The van der Waals surface area contributed by atoms with Crippen molar-refractivity contribution in [3.63, 3.8) is 0 Å². The molecule has 4 aliphatic carbocycles. The van der Waals surface area contributed by atoms with E-state index in [1.165, 1.54) is 13.8 Å². The molecule has 32 heteroatoms. The highest BCUT2D eigenvalue weighted by molar-refractivity contribution is 8.13. The molecule has 2 aromatic heterocycles. The van der Waals surface area contributed by atoms with Gasteiger partial charge >= 0.3 is 23.5 Å². The second kappa shape index (κ2) is 25.4. The van der Waals surface area contributed by atoms with E-state index in [4.69, 9.17) is 19.5 Å². The van der Waals surface area contributed by atoms with E-state index >= 15 is 0 Å². The summed E-state index contributed by atoms with van der Waals surface area (Å²) in [4.78, 5) is 103. The van der Waals surface area contributed by atoms with Gasteiger partial charge in [-0.2, -0.15) is 4.31 Å². The fraction of sp³-hybridized carbons (Fsp3) is 0.812. The summed E-state index contributed by atoms with van der Waals surface area (Å²) in [5, 5.41) is 60.3. The zero-order chi connectivity index (χ0) is 59.1. The summed E-state index contributed by atoms with van der Waals surface area (Å²) >= 11 is 0.908. The van der Waals surface area contributed by atoms with Gasteiger partial charge in [0.15, 0.2) is 22.8 Å². The minimum Gasteiger partial charge on any atom is -0.393 e. The molecule has 2 aromatic rings. The van der Waals surface area contributed by atoms with Crippen LogP contribution in [-0.4, -0.2) is 162 Å². The Morgan fingerprint density at radius 1 is 0.925 bits per heavy atom. The summed E-state index contributed by atoms with van der Waals surface area (Å²) in [5.74, 6) is -1.63. The number of carbonyl (C=O) groups is 4. The number of aliphatic hydroxyl groups excluding tert-OH is 5. The zero-order valence-corrected chi connectivity index (χ0v) is 49.0. The van der Waals surface area contributed by atoms with Gasteiger partial charge in [-0.1, -0.05) is 46.4 Å². The van der Waals surface area contributed by atoms with E-state index in [0.29, 0.717) is 25.7 Å². The molecule has 13 N–H and O–H groups in total. The SMILES string of the molecule is C[C@H](C(=O)CC[C@@H](C)[C@H]1CC[C@H]2[C@@H]3[C@H](O)C[C@@H]4C[C@H](O)CC[C@]4(C)[C@H]3C[C@H](O)[C@]12C)C(=O)SCCNC(=O)CCNC(=O)[C@H](O)C(C)(C)COP(=O)(O)OP(=O)(O)OC[C@H]1O[C@@H](n2cnc3c(N)ncnc32)[C@H](O)[C@@H]1OP(=O)(O)O. The molecule has 19 atom stereocenters. The van der Waals surface area contributed by atoms with E-state index in [1.54, 1.807) is 6.92 Å². The van der Waals surface area contributed by atoms with E-state index in [2.05, 4.69) is 55.2 Å². The highest BCUT2D eigenvalue weighted by atomic mass is 32.2. The average Bonchev–Trinajstić information content (AvgIpc) is 3.66. The highest BCUT2D eigenvalue weighted by Crippen LogP contribution is 2.69. The molecule has 0 spiro atoms. The van der Waals surface area contributed by atoms with Crippen molar-refractivity contribution in [3.8, 4) is 0 Å². The van der Waals surface area contributed by atoms with E-state index in [1.807, 2.05) is 0 Å². The van der Waals surface area contributed by atoms with Crippen LogP contribution in [-0.2, 0) is 55.5 Å². The molecule has 1 aliphatic heterocycles. The Morgan fingerprint density at radius 2 is 1.62 bits per heavy atom. The first-order valence-corrected chi connectivity index (χ1v) is 32.3. The lowest BCUT2D eigenvalue weighted by Gasteiger charge is -2.63. The number of fused-ring (bicyclic) bond motifs is 6. The van der Waals surface area contributed by atoms with E-state index in [-0.39, 0.29) is 107 Å². The van der Waals surface area contributed by atoms with Gasteiger partial charge < -0.3 is 66.2 Å². The van der Waals surface area contributed by atoms with E-state index < -0.39 is 108 Å². The van der Waals surface area contributed by atoms with Crippen molar-refractivity contribution >= 4 is 74.9 Å². The molecule has 0 radical (unpaired) electrons. The van der Waals surface area contributed by atoms with Crippen LogP contribution in [0.25, 0.3) is 11.2 Å². The molecular weight excluding hydrogens is 1140 g/mol. The molecular formula is C48H78N7O21P3S. The number of hydrogen-bond acceptors (Lipinski definition) is 22. The number of imidazole rings is 1. The van der Waals surface area contributed by atoms with Gasteiger partial charge in [0.25, 0.3) is 0 Å². The second-order valence-corrected chi connectivity index (χ2v) is 28.8. The minimum absolute atomic E-state index is 0.0179. The van der Waals surface area contributed by atoms with Crippen LogP contribution in [0.4, 0.5) is 5.82 Å². The summed E-state index contributed by atoms with van der Waals surface area (Å²) in [7, 11) is -16.5.